The van der Waals surface area contributed by atoms with Crippen molar-refractivity contribution in [1.82, 2.24) is 20.1 Å². The molecule has 0 spiro atoms. The maximum absolute atomic E-state index is 12.1. The maximum atomic E-state index is 12.1. The Balaban J connectivity index is 1.67. The fourth-order valence-corrected chi connectivity index (χ4v) is 2.35. The Morgan fingerprint density at radius 2 is 2.29 bits per heavy atom. The number of hydrogen-bond acceptors (Lipinski definition) is 3. The van der Waals surface area contributed by atoms with Crippen LogP contribution in [-0.2, 0) is 13.5 Å². The van der Waals surface area contributed by atoms with Crippen LogP contribution in [0.2, 0.25) is 0 Å². The van der Waals surface area contributed by atoms with Crippen molar-refractivity contribution in [3.05, 3.63) is 47.9 Å². The van der Waals surface area contributed by atoms with Crippen molar-refractivity contribution >= 4 is 22.5 Å². The van der Waals surface area contributed by atoms with Crippen LogP contribution in [0.3, 0.4) is 0 Å². The molecule has 0 atom stereocenters. The van der Waals surface area contributed by atoms with E-state index in [1.54, 1.807) is 10.9 Å². The van der Waals surface area contributed by atoms with Gasteiger partial charge in [-0.2, -0.15) is 5.10 Å². The summed E-state index contributed by atoms with van der Waals surface area (Å²) in [6.45, 7) is 0.559. The van der Waals surface area contributed by atoms with Crippen molar-refractivity contribution in [3.8, 4) is 0 Å². The zero-order chi connectivity index (χ0) is 14.8. The number of nitrogens with zero attached hydrogens (tertiary/aromatic N) is 2. The summed E-state index contributed by atoms with van der Waals surface area (Å²) >= 11 is 0. The van der Waals surface area contributed by atoms with Gasteiger partial charge in [0.1, 0.15) is 5.69 Å². The molecule has 0 radical (unpaired) electrons. The van der Waals surface area contributed by atoms with E-state index >= 15 is 0 Å². The lowest BCUT2D eigenvalue weighted by atomic mass is 10.2. The third kappa shape index (κ3) is 2.60. The Bertz CT molecular complexity index is 786. The topological polar surface area (TPSA) is 88.7 Å². The number of fused-ring (bicyclic) bond motifs is 1. The standard InChI is InChI=1S/C15H17N5O/c1-20-11(6-8-18-20)5-7-17-15(21)13-9-10-3-2-4-12(16)14(10)19-13/h2-4,6,8-9,19H,5,7,16H2,1H3,(H,17,21). The van der Waals surface area contributed by atoms with E-state index in [1.165, 1.54) is 0 Å². The quantitative estimate of drug-likeness (QED) is 0.633. The Morgan fingerprint density at radius 3 is 3.00 bits per heavy atom. The van der Waals surface area contributed by atoms with E-state index < -0.39 is 0 Å². The number of carbonyl (C=O) groups is 1. The third-order valence-corrected chi connectivity index (χ3v) is 3.52. The molecule has 2 aromatic heterocycles. The number of amides is 1. The van der Waals surface area contributed by atoms with Crippen LogP contribution in [0.25, 0.3) is 10.9 Å². The molecule has 0 aliphatic carbocycles. The van der Waals surface area contributed by atoms with Gasteiger partial charge in [-0.3, -0.25) is 9.48 Å². The van der Waals surface area contributed by atoms with Crippen LogP contribution in [0, 0.1) is 0 Å². The Hall–Kier alpha value is -2.76. The predicted molar refractivity (Wildman–Crippen MR) is 82.0 cm³/mol. The molecule has 0 saturated heterocycles. The molecule has 21 heavy (non-hydrogen) atoms. The highest BCUT2D eigenvalue weighted by atomic mass is 16.1. The first-order chi connectivity index (χ1) is 10.1. The summed E-state index contributed by atoms with van der Waals surface area (Å²) in [7, 11) is 1.89. The molecule has 0 fully saturated rings. The van der Waals surface area contributed by atoms with Gasteiger partial charge in [0.25, 0.3) is 5.91 Å². The fraction of sp³-hybridized carbons (Fsp3) is 0.200. The summed E-state index contributed by atoms with van der Waals surface area (Å²) in [6.07, 6.45) is 2.49. The molecular formula is C15H17N5O. The number of nitrogens with one attached hydrogen (secondary N) is 2. The number of para-hydroxylation sites is 1. The minimum atomic E-state index is -0.132. The molecule has 3 rings (SSSR count). The zero-order valence-corrected chi connectivity index (χ0v) is 11.8. The molecule has 3 aromatic rings. The molecule has 0 aliphatic rings. The van der Waals surface area contributed by atoms with Crippen molar-refractivity contribution < 1.29 is 4.79 Å². The molecule has 0 bridgehead atoms. The van der Waals surface area contributed by atoms with E-state index in [-0.39, 0.29) is 5.91 Å². The number of aromatic amines is 1. The molecule has 0 unspecified atom stereocenters. The van der Waals surface area contributed by atoms with Crippen molar-refractivity contribution in [2.75, 3.05) is 12.3 Å². The molecule has 108 valence electrons. The van der Waals surface area contributed by atoms with Crippen LogP contribution in [0.5, 0.6) is 0 Å². The lowest BCUT2D eigenvalue weighted by molar-refractivity contribution is 0.0950. The highest BCUT2D eigenvalue weighted by Gasteiger charge is 2.10. The van der Waals surface area contributed by atoms with Crippen LogP contribution in [0.4, 0.5) is 5.69 Å². The van der Waals surface area contributed by atoms with E-state index in [0.29, 0.717) is 17.9 Å². The summed E-state index contributed by atoms with van der Waals surface area (Å²) in [5.41, 5.74) is 8.92. The molecule has 2 heterocycles. The van der Waals surface area contributed by atoms with Gasteiger partial charge in [0, 0.05) is 37.3 Å². The molecule has 6 heteroatoms. The van der Waals surface area contributed by atoms with Crippen molar-refractivity contribution in [2.45, 2.75) is 6.42 Å². The van der Waals surface area contributed by atoms with Gasteiger partial charge in [-0.25, -0.2) is 0 Å². The SMILES string of the molecule is Cn1nccc1CCNC(=O)c1cc2cccc(N)c2[nH]1. The minimum absolute atomic E-state index is 0.132. The number of nitrogens with two attached hydrogens (primary N) is 1. The van der Waals surface area contributed by atoms with Crippen molar-refractivity contribution in [3.63, 3.8) is 0 Å². The maximum Gasteiger partial charge on any atom is 0.267 e. The van der Waals surface area contributed by atoms with E-state index in [1.807, 2.05) is 37.4 Å². The third-order valence-electron chi connectivity index (χ3n) is 3.52. The predicted octanol–water partition coefficient (Wildman–Crippen LogP) is 1.46. The van der Waals surface area contributed by atoms with Gasteiger partial charge < -0.3 is 16.0 Å². The first kappa shape index (κ1) is 13.2. The second-order valence-corrected chi connectivity index (χ2v) is 4.95. The molecule has 4 N–H and O–H groups in total. The summed E-state index contributed by atoms with van der Waals surface area (Å²) in [4.78, 5) is 15.2. The molecular weight excluding hydrogens is 266 g/mol. The smallest absolute Gasteiger partial charge is 0.267 e. The molecule has 6 nitrogen and oxygen atoms in total. The summed E-state index contributed by atoms with van der Waals surface area (Å²) < 4.78 is 1.80. The van der Waals surface area contributed by atoms with Gasteiger partial charge in [0.15, 0.2) is 0 Å². The van der Waals surface area contributed by atoms with Crippen LogP contribution in [-0.4, -0.2) is 27.2 Å². The number of rotatable bonds is 4. The number of carbonyl (C=O) groups excluding carboxylic acids is 1. The van der Waals surface area contributed by atoms with E-state index in [0.717, 1.165) is 23.0 Å². The number of aromatic nitrogens is 3. The molecule has 1 amide bonds. The highest BCUT2D eigenvalue weighted by Crippen LogP contribution is 2.20. The molecule has 0 aliphatic heterocycles. The van der Waals surface area contributed by atoms with Gasteiger partial charge >= 0.3 is 0 Å². The van der Waals surface area contributed by atoms with E-state index in [4.69, 9.17) is 5.73 Å². The Labute approximate surface area is 121 Å². The molecule has 0 saturated carbocycles. The second kappa shape index (κ2) is 5.32. The van der Waals surface area contributed by atoms with Gasteiger partial charge in [-0.15, -0.1) is 0 Å². The number of anilines is 1. The number of nitrogen functional groups attached to an aromatic ring is 1. The van der Waals surface area contributed by atoms with Gasteiger partial charge in [0.2, 0.25) is 0 Å². The van der Waals surface area contributed by atoms with Gasteiger partial charge in [0.05, 0.1) is 11.2 Å². The number of hydrogen-bond donors (Lipinski definition) is 3. The van der Waals surface area contributed by atoms with E-state index in [2.05, 4.69) is 15.4 Å². The average molecular weight is 283 g/mol. The zero-order valence-electron chi connectivity index (χ0n) is 11.8. The summed E-state index contributed by atoms with van der Waals surface area (Å²) in [5, 5.41) is 7.92. The summed E-state index contributed by atoms with van der Waals surface area (Å²) in [5.74, 6) is -0.132. The van der Waals surface area contributed by atoms with Crippen LogP contribution in [0.15, 0.2) is 36.5 Å². The van der Waals surface area contributed by atoms with E-state index in [9.17, 15) is 4.79 Å². The van der Waals surface area contributed by atoms with Gasteiger partial charge in [-0.05, 0) is 18.2 Å². The van der Waals surface area contributed by atoms with Gasteiger partial charge in [-0.1, -0.05) is 12.1 Å². The largest absolute Gasteiger partial charge is 0.397 e. The average Bonchev–Trinajstić information content (AvgIpc) is 3.06. The van der Waals surface area contributed by atoms with Crippen molar-refractivity contribution in [2.24, 2.45) is 7.05 Å². The van der Waals surface area contributed by atoms with Crippen LogP contribution < -0.4 is 11.1 Å². The normalized spacial score (nSPS) is 10.9. The second-order valence-electron chi connectivity index (χ2n) is 4.95. The monoisotopic (exact) mass is 283 g/mol. The summed E-state index contributed by atoms with van der Waals surface area (Å²) in [6, 6.07) is 9.36. The number of benzene rings is 1. The molecule has 1 aromatic carbocycles. The minimum Gasteiger partial charge on any atom is -0.397 e. The number of H-pyrrole nitrogens is 1. The van der Waals surface area contributed by atoms with Crippen molar-refractivity contribution in [1.29, 1.82) is 0 Å². The lowest BCUT2D eigenvalue weighted by Gasteiger charge is -2.04. The van der Waals surface area contributed by atoms with Crippen LogP contribution >= 0.6 is 0 Å². The fourth-order valence-electron chi connectivity index (χ4n) is 2.35. The number of aryl methyl sites for hydroxylation is 1. The Morgan fingerprint density at radius 1 is 1.43 bits per heavy atom. The first-order valence-corrected chi connectivity index (χ1v) is 6.77. The first-order valence-electron chi connectivity index (χ1n) is 6.77. The highest BCUT2D eigenvalue weighted by molar-refractivity contribution is 6.00. The van der Waals surface area contributed by atoms with Crippen LogP contribution in [0.1, 0.15) is 16.2 Å². The Kier molecular flexibility index (Phi) is 3.35. The lowest BCUT2D eigenvalue weighted by Crippen LogP contribution is -2.26.